The second-order valence-electron chi connectivity index (χ2n) is 4.30. The van der Waals surface area contributed by atoms with Gasteiger partial charge in [0.1, 0.15) is 11.6 Å². The zero-order chi connectivity index (χ0) is 11.1. The third kappa shape index (κ3) is 1.61. The molecular formula is C12H16FNO. The lowest BCUT2D eigenvalue weighted by molar-refractivity contribution is 0.251. The van der Waals surface area contributed by atoms with E-state index in [-0.39, 0.29) is 11.4 Å². The highest BCUT2D eigenvalue weighted by molar-refractivity contribution is 5.41. The normalized spacial score (nSPS) is 18.4. The largest absolute Gasteiger partial charge is 0.496 e. The predicted octanol–water partition coefficient (Wildman–Crippen LogP) is 2.48. The quantitative estimate of drug-likeness (QED) is 0.812. The van der Waals surface area contributed by atoms with E-state index in [0.717, 1.165) is 24.8 Å². The van der Waals surface area contributed by atoms with Crippen LogP contribution in [0.1, 0.15) is 30.4 Å². The van der Waals surface area contributed by atoms with E-state index in [4.69, 9.17) is 10.5 Å². The van der Waals surface area contributed by atoms with E-state index in [0.29, 0.717) is 11.3 Å². The van der Waals surface area contributed by atoms with Gasteiger partial charge in [0.05, 0.1) is 7.11 Å². The first-order valence-corrected chi connectivity index (χ1v) is 5.20. The minimum atomic E-state index is -0.332. The number of halogens is 1. The summed E-state index contributed by atoms with van der Waals surface area (Å²) in [5.74, 6) is 0.350. The van der Waals surface area contributed by atoms with E-state index in [2.05, 4.69) is 0 Å². The first-order chi connectivity index (χ1) is 7.07. The summed E-state index contributed by atoms with van der Waals surface area (Å²) in [5, 5.41) is 0. The minimum absolute atomic E-state index is 0.235. The van der Waals surface area contributed by atoms with Gasteiger partial charge in [-0.15, -0.1) is 0 Å². The Balaban J connectivity index is 2.45. The van der Waals surface area contributed by atoms with E-state index >= 15 is 0 Å². The predicted molar refractivity (Wildman–Crippen MR) is 57.4 cm³/mol. The molecule has 0 heterocycles. The van der Waals surface area contributed by atoms with E-state index < -0.39 is 0 Å². The minimum Gasteiger partial charge on any atom is -0.496 e. The molecule has 0 unspecified atom stereocenters. The van der Waals surface area contributed by atoms with Gasteiger partial charge >= 0.3 is 0 Å². The Morgan fingerprint density at radius 1 is 1.40 bits per heavy atom. The van der Waals surface area contributed by atoms with Gasteiger partial charge in [-0.05, 0) is 43.9 Å². The van der Waals surface area contributed by atoms with Gasteiger partial charge in [0, 0.05) is 11.1 Å². The van der Waals surface area contributed by atoms with Crippen molar-refractivity contribution < 1.29 is 9.13 Å². The van der Waals surface area contributed by atoms with Crippen LogP contribution in [0.4, 0.5) is 4.39 Å². The van der Waals surface area contributed by atoms with Crippen molar-refractivity contribution in [2.75, 3.05) is 7.11 Å². The average Bonchev–Trinajstić information content (AvgIpc) is 2.18. The Morgan fingerprint density at radius 2 is 2.07 bits per heavy atom. The summed E-state index contributed by atoms with van der Waals surface area (Å²) >= 11 is 0. The lowest BCUT2D eigenvalue weighted by atomic mass is 9.72. The zero-order valence-electron chi connectivity index (χ0n) is 9.14. The SMILES string of the molecule is COc1cc(C2(N)CCC2)cc(F)c1C. The van der Waals surface area contributed by atoms with Crippen LogP contribution >= 0.6 is 0 Å². The molecule has 1 fully saturated rings. The van der Waals surface area contributed by atoms with Gasteiger partial charge < -0.3 is 10.5 Å². The maximum absolute atomic E-state index is 13.6. The van der Waals surface area contributed by atoms with Crippen molar-refractivity contribution in [3.8, 4) is 5.75 Å². The molecule has 1 aromatic carbocycles. The van der Waals surface area contributed by atoms with Crippen molar-refractivity contribution in [1.29, 1.82) is 0 Å². The second-order valence-corrected chi connectivity index (χ2v) is 4.30. The van der Waals surface area contributed by atoms with Crippen molar-refractivity contribution in [3.63, 3.8) is 0 Å². The highest BCUT2D eigenvalue weighted by atomic mass is 19.1. The van der Waals surface area contributed by atoms with Gasteiger partial charge in [-0.25, -0.2) is 4.39 Å². The fraction of sp³-hybridized carbons (Fsp3) is 0.500. The van der Waals surface area contributed by atoms with Gasteiger partial charge in [0.15, 0.2) is 0 Å². The smallest absolute Gasteiger partial charge is 0.130 e. The molecule has 0 saturated heterocycles. The van der Waals surface area contributed by atoms with Gasteiger partial charge in [0.2, 0.25) is 0 Å². The Bertz CT molecular complexity index is 385. The van der Waals surface area contributed by atoms with Crippen molar-refractivity contribution in [3.05, 3.63) is 29.1 Å². The Hall–Kier alpha value is -1.09. The molecule has 2 nitrogen and oxygen atoms in total. The molecule has 1 saturated carbocycles. The van der Waals surface area contributed by atoms with Crippen molar-refractivity contribution >= 4 is 0 Å². The molecule has 0 spiro atoms. The molecule has 0 aliphatic heterocycles. The van der Waals surface area contributed by atoms with Crippen LogP contribution in [0.25, 0.3) is 0 Å². The molecule has 82 valence electrons. The van der Waals surface area contributed by atoms with E-state index in [1.54, 1.807) is 14.0 Å². The summed E-state index contributed by atoms with van der Waals surface area (Å²) in [5.41, 5.74) is 7.21. The molecule has 15 heavy (non-hydrogen) atoms. The van der Waals surface area contributed by atoms with Crippen LogP contribution < -0.4 is 10.5 Å². The topological polar surface area (TPSA) is 35.2 Å². The third-order valence-electron chi connectivity index (χ3n) is 3.34. The number of nitrogens with two attached hydrogens (primary N) is 1. The fourth-order valence-electron chi connectivity index (χ4n) is 2.00. The number of benzene rings is 1. The third-order valence-corrected chi connectivity index (χ3v) is 3.34. The highest BCUT2D eigenvalue weighted by Crippen LogP contribution is 2.40. The molecule has 1 aliphatic carbocycles. The average molecular weight is 209 g/mol. The molecule has 0 bridgehead atoms. The van der Waals surface area contributed by atoms with Gasteiger partial charge in [-0.3, -0.25) is 0 Å². The first kappa shape index (κ1) is 10.4. The van der Waals surface area contributed by atoms with Gasteiger partial charge in [0.25, 0.3) is 0 Å². The number of hydrogen-bond acceptors (Lipinski definition) is 2. The van der Waals surface area contributed by atoms with Crippen molar-refractivity contribution in [2.24, 2.45) is 5.73 Å². The molecular weight excluding hydrogens is 193 g/mol. The van der Waals surface area contributed by atoms with Crippen LogP contribution in [0.3, 0.4) is 0 Å². The number of rotatable bonds is 2. The number of methoxy groups -OCH3 is 1. The maximum Gasteiger partial charge on any atom is 0.130 e. The molecule has 0 aromatic heterocycles. The van der Waals surface area contributed by atoms with E-state index in [1.807, 2.05) is 6.07 Å². The van der Waals surface area contributed by atoms with Gasteiger partial charge in [-0.1, -0.05) is 0 Å². The summed E-state index contributed by atoms with van der Waals surface area (Å²) in [4.78, 5) is 0. The summed E-state index contributed by atoms with van der Waals surface area (Å²) in [6.07, 6.45) is 2.98. The molecule has 1 aromatic rings. The number of hydrogen-bond donors (Lipinski definition) is 1. The molecule has 0 radical (unpaired) electrons. The van der Waals surface area contributed by atoms with Crippen molar-refractivity contribution in [2.45, 2.75) is 31.7 Å². The standard InChI is InChI=1S/C12H16FNO/c1-8-10(13)6-9(7-11(8)15-2)12(14)4-3-5-12/h6-7H,3-5,14H2,1-2H3. The van der Waals surface area contributed by atoms with E-state index in [9.17, 15) is 4.39 Å². The second kappa shape index (κ2) is 3.49. The van der Waals surface area contributed by atoms with Crippen molar-refractivity contribution in [1.82, 2.24) is 0 Å². The summed E-state index contributed by atoms with van der Waals surface area (Å²) < 4.78 is 18.7. The van der Waals surface area contributed by atoms with Crippen LogP contribution in [-0.2, 0) is 5.54 Å². The molecule has 2 rings (SSSR count). The zero-order valence-corrected chi connectivity index (χ0v) is 9.14. The van der Waals surface area contributed by atoms with Crippen LogP contribution in [0, 0.1) is 12.7 Å². The molecule has 0 amide bonds. The Kier molecular flexibility index (Phi) is 2.43. The molecule has 2 N–H and O–H groups in total. The summed E-state index contributed by atoms with van der Waals surface area (Å²) in [7, 11) is 1.55. The molecule has 0 atom stereocenters. The fourth-order valence-corrected chi connectivity index (χ4v) is 2.00. The van der Waals surface area contributed by atoms with E-state index in [1.165, 1.54) is 6.07 Å². The lowest BCUT2D eigenvalue weighted by Gasteiger charge is -2.38. The summed E-state index contributed by atoms with van der Waals surface area (Å²) in [6.45, 7) is 1.71. The molecule has 3 heteroatoms. The lowest BCUT2D eigenvalue weighted by Crippen LogP contribution is -2.43. The Labute approximate surface area is 89.2 Å². The van der Waals surface area contributed by atoms with Gasteiger partial charge in [-0.2, -0.15) is 0 Å². The molecule has 1 aliphatic rings. The number of ether oxygens (including phenoxy) is 1. The highest BCUT2D eigenvalue weighted by Gasteiger charge is 2.35. The Morgan fingerprint density at radius 3 is 2.53 bits per heavy atom. The van der Waals surface area contributed by atoms with Crippen LogP contribution in [-0.4, -0.2) is 7.11 Å². The van der Waals surface area contributed by atoms with Crippen LogP contribution in [0.2, 0.25) is 0 Å². The maximum atomic E-state index is 13.6. The first-order valence-electron chi connectivity index (χ1n) is 5.20. The monoisotopic (exact) mass is 209 g/mol. The summed E-state index contributed by atoms with van der Waals surface area (Å²) in [6, 6.07) is 3.40. The van der Waals surface area contributed by atoms with Crippen LogP contribution in [0.5, 0.6) is 5.75 Å². The van der Waals surface area contributed by atoms with Crippen LogP contribution in [0.15, 0.2) is 12.1 Å².